The number of nitrogens with one attached hydrogen (secondary N) is 1. The van der Waals surface area contributed by atoms with Crippen LogP contribution in [0.3, 0.4) is 0 Å². The lowest BCUT2D eigenvalue weighted by atomic mass is 9.97. The molecule has 3 aliphatic rings. The van der Waals surface area contributed by atoms with E-state index in [9.17, 15) is 0 Å². The van der Waals surface area contributed by atoms with Crippen molar-refractivity contribution in [3.63, 3.8) is 0 Å². The summed E-state index contributed by atoms with van der Waals surface area (Å²) < 4.78 is 0. The molecule has 1 N–H and O–H groups in total. The number of hydrogen-bond acceptors (Lipinski definition) is 3. The van der Waals surface area contributed by atoms with Gasteiger partial charge in [-0.2, -0.15) is 0 Å². The van der Waals surface area contributed by atoms with Gasteiger partial charge in [0.25, 0.3) is 0 Å². The van der Waals surface area contributed by atoms with Crippen molar-refractivity contribution in [2.45, 2.75) is 57.2 Å². The molecule has 98 valence electrons. The summed E-state index contributed by atoms with van der Waals surface area (Å²) in [5.41, 5.74) is 0. The molecule has 3 saturated heterocycles. The largest absolute Gasteiger partial charge is 0.313 e. The molecule has 0 aliphatic carbocycles. The van der Waals surface area contributed by atoms with Crippen LogP contribution in [-0.4, -0.2) is 60.6 Å². The molecule has 3 rings (SSSR count). The van der Waals surface area contributed by atoms with Crippen molar-refractivity contribution >= 4 is 0 Å². The quantitative estimate of drug-likeness (QED) is 0.741. The Hall–Kier alpha value is -0.120. The van der Waals surface area contributed by atoms with Crippen LogP contribution in [0.15, 0.2) is 0 Å². The summed E-state index contributed by atoms with van der Waals surface area (Å²) in [6.45, 7) is 8.80. The minimum Gasteiger partial charge on any atom is -0.313 e. The molecule has 3 unspecified atom stereocenters. The molecule has 0 bridgehead atoms. The average Bonchev–Trinajstić information content (AvgIpc) is 2.66. The average molecular weight is 237 g/mol. The van der Waals surface area contributed by atoms with Crippen LogP contribution in [0.25, 0.3) is 0 Å². The molecule has 3 atom stereocenters. The van der Waals surface area contributed by atoms with E-state index in [-0.39, 0.29) is 0 Å². The molecule has 0 aromatic rings. The Morgan fingerprint density at radius 2 is 1.59 bits per heavy atom. The minimum absolute atomic E-state index is 0.712. The molecule has 0 spiro atoms. The summed E-state index contributed by atoms with van der Waals surface area (Å²) in [6.07, 6.45) is 7.08. The SMILES string of the molecule is CC1CCN(C2CCN3CCCCC23)CCN1. The molecule has 3 heteroatoms. The van der Waals surface area contributed by atoms with Crippen LogP contribution in [0, 0.1) is 0 Å². The lowest BCUT2D eigenvalue weighted by Gasteiger charge is -2.37. The Balaban J connectivity index is 1.63. The fourth-order valence-corrected chi connectivity index (χ4v) is 4.01. The third kappa shape index (κ3) is 2.51. The molecular formula is C14H27N3. The summed E-state index contributed by atoms with van der Waals surface area (Å²) in [4.78, 5) is 5.54. The highest BCUT2D eigenvalue weighted by molar-refractivity contribution is 4.96. The summed E-state index contributed by atoms with van der Waals surface area (Å²) in [7, 11) is 0. The van der Waals surface area contributed by atoms with Crippen molar-refractivity contribution < 1.29 is 0 Å². The normalized spacial score (nSPS) is 41.1. The van der Waals surface area contributed by atoms with Gasteiger partial charge in [-0.25, -0.2) is 0 Å². The van der Waals surface area contributed by atoms with Crippen LogP contribution in [-0.2, 0) is 0 Å². The fourth-order valence-electron chi connectivity index (χ4n) is 4.01. The first kappa shape index (κ1) is 11.9. The van der Waals surface area contributed by atoms with Crippen molar-refractivity contribution in [2.24, 2.45) is 0 Å². The summed E-state index contributed by atoms with van der Waals surface area (Å²) in [6, 6.07) is 2.46. The van der Waals surface area contributed by atoms with Gasteiger partial charge in [0.05, 0.1) is 0 Å². The number of hydrogen-bond donors (Lipinski definition) is 1. The minimum atomic E-state index is 0.712. The summed E-state index contributed by atoms with van der Waals surface area (Å²) in [5, 5.41) is 3.61. The van der Waals surface area contributed by atoms with E-state index < -0.39 is 0 Å². The number of rotatable bonds is 1. The van der Waals surface area contributed by atoms with Crippen molar-refractivity contribution in [1.29, 1.82) is 0 Å². The maximum atomic E-state index is 3.61. The highest BCUT2D eigenvalue weighted by Gasteiger charge is 2.38. The molecule has 0 aromatic heterocycles. The van der Waals surface area contributed by atoms with Crippen LogP contribution in [0.1, 0.15) is 39.0 Å². The Kier molecular flexibility index (Phi) is 3.69. The second kappa shape index (κ2) is 5.25. The molecule has 0 amide bonds. The van der Waals surface area contributed by atoms with Gasteiger partial charge in [0.1, 0.15) is 0 Å². The zero-order valence-electron chi connectivity index (χ0n) is 11.2. The molecule has 3 fully saturated rings. The van der Waals surface area contributed by atoms with Gasteiger partial charge in [0.15, 0.2) is 0 Å². The predicted molar refractivity (Wildman–Crippen MR) is 71.3 cm³/mol. The van der Waals surface area contributed by atoms with E-state index in [1.807, 2.05) is 0 Å². The fraction of sp³-hybridized carbons (Fsp3) is 1.00. The molecule has 3 nitrogen and oxygen atoms in total. The van der Waals surface area contributed by atoms with E-state index in [4.69, 9.17) is 0 Å². The zero-order chi connectivity index (χ0) is 11.7. The van der Waals surface area contributed by atoms with Crippen LogP contribution >= 0.6 is 0 Å². The first-order valence-corrected chi connectivity index (χ1v) is 7.56. The highest BCUT2D eigenvalue weighted by atomic mass is 15.3. The third-order valence-electron chi connectivity index (χ3n) is 5.03. The first-order chi connectivity index (χ1) is 8.34. The van der Waals surface area contributed by atoms with Gasteiger partial charge in [-0.3, -0.25) is 9.80 Å². The number of nitrogens with zero attached hydrogens (tertiary/aromatic N) is 2. The molecule has 0 aromatic carbocycles. The Morgan fingerprint density at radius 3 is 2.53 bits per heavy atom. The molecular weight excluding hydrogens is 210 g/mol. The maximum Gasteiger partial charge on any atom is 0.0264 e. The van der Waals surface area contributed by atoms with E-state index in [1.54, 1.807) is 0 Å². The van der Waals surface area contributed by atoms with Gasteiger partial charge in [-0.1, -0.05) is 6.42 Å². The number of piperidine rings is 1. The lowest BCUT2D eigenvalue weighted by molar-refractivity contribution is 0.118. The van der Waals surface area contributed by atoms with Crippen molar-refractivity contribution in [3.05, 3.63) is 0 Å². The van der Waals surface area contributed by atoms with Gasteiger partial charge < -0.3 is 5.32 Å². The van der Waals surface area contributed by atoms with Crippen LogP contribution in [0.2, 0.25) is 0 Å². The van der Waals surface area contributed by atoms with Crippen LogP contribution in [0.5, 0.6) is 0 Å². The highest BCUT2D eigenvalue weighted by Crippen LogP contribution is 2.30. The molecule has 0 saturated carbocycles. The van der Waals surface area contributed by atoms with Gasteiger partial charge >= 0.3 is 0 Å². The number of fused-ring (bicyclic) bond motifs is 1. The smallest absolute Gasteiger partial charge is 0.0264 e. The Bertz CT molecular complexity index is 256. The van der Waals surface area contributed by atoms with Crippen molar-refractivity contribution in [3.8, 4) is 0 Å². The van der Waals surface area contributed by atoms with E-state index >= 15 is 0 Å². The maximum absolute atomic E-state index is 3.61. The van der Waals surface area contributed by atoms with E-state index in [1.165, 1.54) is 64.8 Å². The van der Waals surface area contributed by atoms with E-state index in [0.717, 1.165) is 12.1 Å². The third-order valence-corrected chi connectivity index (χ3v) is 5.03. The van der Waals surface area contributed by atoms with Gasteiger partial charge in [-0.05, 0) is 39.2 Å². The van der Waals surface area contributed by atoms with Gasteiger partial charge in [0, 0.05) is 44.3 Å². The van der Waals surface area contributed by atoms with E-state index in [0.29, 0.717) is 6.04 Å². The monoisotopic (exact) mass is 237 g/mol. The molecule has 3 aliphatic heterocycles. The standard InChI is InChI=1S/C14H27N3/c1-12-5-9-17(11-7-15-12)14-6-10-16-8-3-2-4-13(14)16/h12-15H,2-11H2,1H3. The van der Waals surface area contributed by atoms with Gasteiger partial charge in [0.2, 0.25) is 0 Å². The Labute approximate surface area is 106 Å². The van der Waals surface area contributed by atoms with Crippen molar-refractivity contribution in [2.75, 3.05) is 32.7 Å². The predicted octanol–water partition coefficient (Wildman–Crippen LogP) is 1.30. The summed E-state index contributed by atoms with van der Waals surface area (Å²) in [5.74, 6) is 0. The first-order valence-electron chi connectivity index (χ1n) is 7.56. The second-order valence-corrected chi connectivity index (χ2v) is 6.13. The molecule has 3 heterocycles. The second-order valence-electron chi connectivity index (χ2n) is 6.13. The Morgan fingerprint density at radius 1 is 0.824 bits per heavy atom. The zero-order valence-corrected chi connectivity index (χ0v) is 11.2. The van der Waals surface area contributed by atoms with Crippen LogP contribution in [0.4, 0.5) is 0 Å². The molecule has 17 heavy (non-hydrogen) atoms. The lowest BCUT2D eigenvalue weighted by Crippen LogP contribution is -2.48. The molecule has 0 radical (unpaired) electrons. The summed E-state index contributed by atoms with van der Waals surface area (Å²) >= 11 is 0. The van der Waals surface area contributed by atoms with E-state index in [2.05, 4.69) is 22.0 Å². The van der Waals surface area contributed by atoms with Crippen LogP contribution < -0.4 is 5.32 Å². The van der Waals surface area contributed by atoms with Gasteiger partial charge in [-0.15, -0.1) is 0 Å². The topological polar surface area (TPSA) is 18.5 Å². The van der Waals surface area contributed by atoms with Crippen molar-refractivity contribution in [1.82, 2.24) is 15.1 Å².